The Bertz CT molecular complexity index is 648. The number of imide groups is 1. The molecular formula is C14H17N5O2S2. The van der Waals surface area contributed by atoms with Crippen LogP contribution in [-0.2, 0) is 11.3 Å². The molecule has 2 rings (SSSR count). The molecule has 23 heavy (non-hydrogen) atoms. The molecule has 0 fully saturated rings. The van der Waals surface area contributed by atoms with Crippen molar-refractivity contribution in [3.8, 4) is 0 Å². The Kier molecular flexibility index (Phi) is 6.82. The van der Waals surface area contributed by atoms with Crippen LogP contribution in [0.2, 0.25) is 0 Å². The van der Waals surface area contributed by atoms with Gasteiger partial charge in [-0.05, 0) is 12.5 Å². The molecule has 1 heterocycles. The first kappa shape index (κ1) is 17.2. The zero-order valence-electron chi connectivity index (χ0n) is 12.5. The Balaban J connectivity index is 1.68. The van der Waals surface area contributed by atoms with Crippen molar-refractivity contribution in [2.45, 2.75) is 17.8 Å². The third kappa shape index (κ3) is 6.25. The average Bonchev–Trinajstić information content (AvgIpc) is 3.00. The van der Waals surface area contributed by atoms with E-state index in [2.05, 4.69) is 26.1 Å². The van der Waals surface area contributed by atoms with Gasteiger partial charge in [0.1, 0.15) is 0 Å². The van der Waals surface area contributed by atoms with E-state index in [0.29, 0.717) is 10.9 Å². The molecule has 0 saturated heterocycles. The van der Waals surface area contributed by atoms with Crippen molar-refractivity contribution in [1.29, 1.82) is 0 Å². The number of amides is 3. The lowest BCUT2D eigenvalue weighted by atomic mass is 10.2. The molecule has 0 bridgehead atoms. The minimum absolute atomic E-state index is 0.111. The first-order chi connectivity index (χ1) is 11.2. The van der Waals surface area contributed by atoms with Gasteiger partial charge in [0.15, 0.2) is 4.34 Å². The van der Waals surface area contributed by atoms with Crippen molar-refractivity contribution in [1.82, 2.24) is 20.8 Å². The molecule has 2 aromatic rings. The highest BCUT2D eigenvalue weighted by Gasteiger charge is 2.10. The van der Waals surface area contributed by atoms with Crippen LogP contribution in [-0.4, -0.2) is 34.4 Å². The van der Waals surface area contributed by atoms with Gasteiger partial charge in [-0.1, -0.05) is 53.4 Å². The molecule has 0 atom stereocenters. The van der Waals surface area contributed by atoms with Crippen LogP contribution in [0, 0.1) is 0 Å². The molecule has 7 nitrogen and oxygen atoms in total. The average molecular weight is 351 g/mol. The van der Waals surface area contributed by atoms with E-state index in [-0.39, 0.29) is 11.7 Å². The summed E-state index contributed by atoms with van der Waals surface area (Å²) in [5, 5.41) is 16.6. The van der Waals surface area contributed by atoms with E-state index in [0.717, 1.165) is 17.2 Å². The number of nitrogens with one attached hydrogen (secondary N) is 3. The smallest absolute Gasteiger partial charge is 0.321 e. The van der Waals surface area contributed by atoms with Crippen molar-refractivity contribution in [3.63, 3.8) is 0 Å². The zero-order valence-corrected chi connectivity index (χ0v) is 14.2. The summed E-state index contributed by atoms with van der Waals surface area (Å²) in [6.07, 6.45) is 0. The van der Waals surface area contributed by atoms with Crippen LogP contribution in [0.3, 0.4) is 0 Å². The predicted molar refractivity (Wildman–Crippen MR) is 91.6 cm³/mol. The van der Waals surface area contributed by atoms with Crippen LogP contribution in [0.1, 0.15) is 12.5 Å². The molecule has 0 unspecified atom stereocenters. The van der Waals surface area contributed by atoms with Gasteiger partial charge in [0.2, 0.25) is 11.0 Å². The van der Waals surface area contributed by atoms with Crippen molar-refractivity contribution < 1.29 is 9.59 Å². The van der Waals surface area contributed by atoms with E-state index in [1.54, 1.807) is 0 Å². The fourth-order valence-corrected chi connectivity index (χ4v) is 3.22. The fraction of sp³-hybridized carbons (Fsp3) is 0.286. The Morgan fingerprint density at radius 1 is 1.22 bits per heavy atom. The number of thioether (sulfide) groups is 1. The number of anilines is 1. The van der Waals surface area contributed by atoms with Gasteiger partial charge in [-0.25, -0.2) is 4.79 Å². The lowest BCUT2D eigenvalue weighted by molar-refractivity contribution is -0.117. The zero-order chi connectivity index (χ0) is 16.5. The van der Waals surface area contributed by atoms with Crippen LogP contribution < -0.4 is 16.0 Å². The maximum atomic E-state index is 11.7. The van der Waals surface area contributed by atoms with Gasteiger partial charge >= 0.3 is 6.03 Å². The minimum atomic E-state index is -0.509. The minimum Gasteiger partial charge on any atom is -0.360 e. The fourth-order valence-electron chi connectivity index (χ4n) is 1.60. The Labute approximate surface area is 142 Å². The van der Waals surface area contributed by atoms with E-state index >= 15 is 0 Å². The predicted octanol–water partition coefficient (Wildman–Crippen LogP) is 2.09. The first-order valence-corrected chi connectivity index (χ1v) is 8.79. The van der Waals surface area contributed by atoms with E-state index in [4.69, 9.17) is 0 Å². The number of urea groups is 1. The number of hydrogen-bond donors (Lipinski definition) is 3. The number of rotatable bonds is 7. The summed E-state index contributed by atoms with van der Waals surface area (Å²) >= 11 is 2.62. The summed E-state index contributed by atoms with van der Waals surface area (Å²) in [5.74, 6) is -0.264. The van der Waals surface area contributed by atoms with Crippen LogP contribution in [0.5, 0.6) is 0 Å². The normalized spacial score (nSPS) is 10.1. The van der Waals surface area contributed by atoms with Crippen molar-refractivity contribution in [3.05, 3.63) is 35.9 Å². The van der Waals surface area contributed by atoms with Gasteiger partial charge in [-0.15, -0.1) is 10.2 Å². The largest absolute Gasteiger partial charge is 0.360 e. The second-order valence-corrected chi connectivity index (χ2v) is 6.61. The maximum absolute atomic E-state index is 11.7. The van der Waals surface area contributed by atoms with Crippen LogP contribution in [0.15, 0.2) is 34.7 Å². The summed E-state index contributed by atoms with van der Waals surface area (Å²) in [7, 11) is 0. The highest BCUT2D eigenvalue weighted by molar-refractivity contribution is 8.01. The molecule has 3 N–H and O–H groups in total. The molecule has 9 heteroatoms. The standard InChI is InChI=1S/C14H17N5O2S2/c1-2-15-13-18-19-14(23-13)22-9-11(20)17-12(21)16-8-10-6-4-3-5-7-10/h3-7H,2,8-9H2,1H3,(H,15,18)(H2,16,17,20,21). The summed E-state index contributed by atoms with van der Waals surface area (Å²) in [6.45, 7) is 3.10. The van der Waals surface area contributed by atoms with Gasteiger partial charge in [0, 0.05) is 13.1 Å². The second-order valence-electron chi connectivity index (χ2n) is 4.41. The Morgan fingerprint density at radius 3 is 2.74 bits per heavy atom. The van der Waals surface area contributed by atoms with E-state index in [1.807, 2.05) is 37.3 Å². The quantitative estimate of drug-likeness (QED) is 0.661. The summed E-state index contributed by atoms with van der Waals surface area (Å²) < 4.78 is 0.681. The topological polar surface area (TPSA) is 96.0 Å². The lowest BCUT2D eigenvalue weighted by Crippen LogP contribution is -2.39. The van der Waals surface area contributed by atoms with Gasteiger partial charge in [0.05, 0.1) is 5.75 Å². The molecule has 1 aromatic carbocycles. The molecule has 1 aromatic heterocycles. The molecule has 0 radical (unpaired) electrons. The summed E-state index contributed by atoms with van der Waals surface area (Å²) in [5.41, 5.74) is 0.967. The molecular weight excluding hydrogens is 334 g/mol. The van der Waals surface area contributed by atoms with E-state index in [1.165, 1.54) is 23.1 Å². The molecule has 0 saturated carbocycles. The van der Waals surface area contributed by atoms with Gasteiger partial charge < -0.3 is 10.6 Å². The monoisotopic (exact) mass is 351 g/mol. The summed E-state index contributed by atoms with van der Waals surface area (Å²) in [4.78, 5) is 23.4. The maximum Gasteiger partial charge on any atom is 0.321 e. The molecule has 0 aliphatic rings. The van der Waals surface area contributed by atoms with Gasteiger partial charge in [-0.3, -0.25) is 10.1 Å². The van der Waals surface area contributed by atoms with Gasteiger partial charge in [0.25, 0.3) is 0 Å². The Morgan fingerprint density at radius 2 is 2.00 bits per heavy atom. The number of benzene rings is 1. The van der Waals surface area contributed by atoms with Crippen molar-refractivity contribution >= 4 is 40.2 Å². The van der Waals surface area contributed by atoms with Crippen LogP contribution >= 0.6 is 23.1 Å². The first-order valence-electron chi connectivity index (χ1n) is 6.99. The number of nitrogens with zero attached hydrogens (tertiary/aromatic N) is 2. The third-order valence-electron chi connectivity index (χ3n) is 2.61. The molecule has 0 spiro atoms. The molecule has 0 aliphatic carbocycles. The molecule has 0 aliphatic heterocycles. The van der Waals surface area contributed by atoms with Crippen molar-refractivity contribution in [2.24, 2.45) is 0 Å². The highest BCUT2D eigenvalue weighted by atomic mass is 32.2. The number of carbonyl (C=O) groups is 2. The second kappa shape index (κ2) is 9.11. The van der Waals surface area contributed by atoms with E-state index in [9.17, 15) is 9.59 Å². The highest BCUT2D eigenvalue weighted by Crippen LogP contribution is 2.24. The number of carbonyl (C=O) groups excluding carboxylic acids is 2. The third-order valence-corrected chi connectivity index (χ3v) is 4.62. The number of aromatic nitrogens is 2. The van der Waals surface area contributed by atoms with Gasteiger partial charge in [-0.2, -0.15) is 0 Å². The van der Waals surface area contributed by atoms with Crippen molar-refractivity contribution in [2.75, 3.05) is 17.6 Å². The van der Waals surface area contributed by atoms with Crippen LogP contribution in [0.25, 0.3) is 0 Å². The molecule has 122 valence electrons. The number of hydrogen-bond acceptors (Lipinski definition) is 7. The van der Waals surface area contributed by atoms with Crippen LogP contribution in [0.4, 0.5) is 9.93 Å². The lowest BCUT2D eigenvalue weighted by Gasteiger charge is -2.06. The SMILES string of the molecule is CCNc1nnc(SCC(=O)NC(=O)NCc2ccccc2)s1. The Hall–Kier alpha value is -2.13. The summed E-state index contributed by atoms with van der Waals surface area (Å²) in [6, 6.07) is 8.97. The molecule has 3 amide bonds. The van der Waals surface area contributed by atoms with E-state index < -0.39 is 6.03 Å².